The average molecular weight is 593 g/mol. The summed E-state index contributed by atoms with van der Waals surface area (Å²) in [5.41, 5.74) is 1.20. The number of nitrogens with zero attached hydrogens (tertiary/aromatic N) is 1. The standard InChI is InChI=1S/C25H25F3N6O6S/c1-13(35)30-22-32-18(19(41-22)20(36)29-12-15-2-7-16(8-3-15)25(26,27)28)11-6-14-4-9-17(10-5-14)31-21(33-23(37)38)34-24(39)40/h2-5,7-10,21,31,33-34H,6,11-12H2,1H3,(H,29,36)(H,37,38)(H,39,40)(H,30,32,35)/p-2. The van der Waals surface area contributed by atoms with Crippen molar-refractivity contribution in [1.29, 1.82) is 0 Å². The van der Waals surface area contributed by atoms with Crippen LogP contribution in [-0.2, 0) is 30.4 Å². The number of halogens is 3. The molecule has 2 aromatic carbocycles. The Morgan fingerprint density at radius 3 is 2.02 bits per heavy atom. The number of anilines is 2. The number of carbonyl (C=O) groups excluding carboxylic acids is 4. The van der Waals surface area contributed by atoms with E-state index in [1.54, 1.807) is 24.3 Å². The maximum Gasteiger partial charge on any atom is 0.416 e. The topological polar surface area (TPSA) is 187 Å². The lowest BCUT2D eigenvalue weighted by atomic mass is 10.1. The number of carboxylic acid groups (broad SMARTS) is 2. The Hall–Kier alpha value is -4.86. The molecule has 0 aliphatic carbocycles. The first-order valence-electron chi connectivity index (χ1n) is 11.8. The van der Waals surface area contributed by atoms with Crippen LogP contribution < -0.4 is 36.8 Å². The number of benzene rings is 2. The minimum atomic E-state index is -4.47. The van der Waals surface area contributed by atoms with Crippen molar-refractivity contribution in [3.63, 3.8) is 0 Å². The van der Waals surface area contributed by atoms with Crippen molar-refractivity contribution >= 4 is 46.2 Å². The van der Waals surface area contributed by atoms with E-state index in [4.69, 9.17) is 0 Å². The molecule has 218 valence electrons. The summed E-state index contributed by atoms with van der Waals surface area (Å²) in [7, 11) is 0. The van der Waals surface area contributed by atoms with Gasteiger partial charge in [0.2, 0.25) is 5.91 Å². The molecule has 41 heavy (non-hydrogen) atoms. The Morgan fingerprint density at radius 1 is 0.902 bits per heavy atom. The van der Waals surface area contributed by atoms with Crippen LogP contribution in [0.4, 0.5) is 33.6 Å². The van der Waals surface area contributed by atoms with E-state index in [0.717, 1.165) is 29.0 Å². The molecule has 0 saturated carbocycles. The van der Waals surface area contributed by atoms with Crippen LogP contribution in [0.5, 0.6) is 0 Å². The van der Waals surface area contributed by atoms with Crippen LogP contribution in [0.15, 0.2) is 48.5 Å². The fourth-order valence-electron chi connectivity index (χ4n) is 3.52. The average Bonchev–Trinajstić information content (AvgIpc) is 3.27. The number of alkyl halides is 3. The number of aryl methyl sites for hydroxylation is 2. The van der Waals surface area contributed by atoms with E-state index >= 15 is 0 Å². The number of carbonyl (C=O) groups is 4. The van der Waals surface area contributed by atoms with Gasteiger partial charge < -0.3 is 46.4 Å². The Morgan fingerprint density at radius 2 is 1.49 bits per heavy atom. The number of nitrogens with one attached hydrogen (secondary N) is 5. The van der Waals surface area contributed by atoms with Crippen LogP contribution in [-0.4, -0.2) is 35.3 Å². The van der Waals surface area contributed by atoms with Gasteiger partial charge >= 0.3 is 6.18 Å². The molecule has 0 radical (unpaired) electrons. The van der Waals surface area contributed by atoms with Gasteiger partial charge in [-0.25, -0.2) is 4.98 Å². The molecule has 16 heteroatoms. The summed E-state index contributed by atoms with van der Waals surface area (Å²) in [5.74, 6) is -0.898. The molecule has 3 rings (SSSR count). The van der Waals surface area contributed by atoms with Gasteiger partial charge in [-0.15, -0.1) is 0 Å². The van der Waals surface area contributed by atoms with Gasteiger partial charge in [0.1, 0.15) is 17.1 Å². The largest absolute Gasteiger partial charge is 0.530 e. The fourth-order valence-corrected chi connectivity index (χ4v) is 4.49. The van der Waals surface area contributed by atoms with Crippen molar-refractivity contribution in [2.75, 3.05) is 10.6 Å². The SMILES string of the molecule is CC(=O)Nc1nc(CCc2ccc(NC(NC(=O)[O-])NC(=O)[O-])cc2)c(C(=O)NCc2ccc(C(F)(F)F)cc2)s1. The molecule has 1 aromatic heterocycles. The van der Waals surface area contributed by atoms with Gasteiger partial charge in [0.15, 0.2) is 11.4 Å². The summed E-state index contributed by atoms with van der Waals surface area (Å²) in [4.78, 5) is 50.5. The number of rotatable bonds is 11. The third-order valence-electron chi connectivity index (χ3n) is 5.36. The molecule has 0 atom stereocenters. The van der Waals surface area contributed by atoms with Crippen LogP contribution in [0.1, 0.15) is 39.0 Å². The second kappa shape index (κ2) is 13.5. The third kappa shape index (κ3) is 9.68. The van der Waals surface area contributed by atoms with Crippen LogP contribution >= 0.6 is 11.3 Å². The highest BCUT2D eigenvalue weighted by Crippen LogP contribution is 2.29. The number of thiazole rings is 1. The molecule has 0 aliphatic rings. The molecule has 5 N–H and O–H groups in total. The van der Waals surface area contributed by atoms with Crippen molar-refractivity contribution in [2.24, 2.45) is 0 Å². The summed E-state index contributed by atoms with van der Waals surface area (Å²) in [6.07, 6.45) is -8.62. The van der Waals surface area contributed by atoms with Gasteiger partial charge in [-0.05, 0) is 48.2 Å². The summed E-state index contributed by atoms with van der Waals surface area (Å²) < 4.78 is 38.3. The minimum absolute atomic E-state index is 0.0289. The highest BCUT2D eigenvalue weighted by atomic mass is 32.1. The molecule has 1 heterocycles. The number of hydrogen-bond acceptors (Lipinski definition) is 9. The van der Waals surface area contributed by atoms with E-state index in [9.17, 15) is 42.6 Å². The maximum absolute atomic E-state index is 12.9. The van der Waals surface area contributed by atoms with Crippen molar-refractivity contribution < 1.29 is 42.6 Å². The summed E-state index contributed by atoms with van der Waals surface area (Å²) in [6, 6.07) is 10.9. The molecule has 4 amide bonds. The number of aromatic nitrogens is 1. The molecule has 0 saturated heterocycles. The zero-order valence-electron chi connectivity index (χ0n) is 21.3. The second-order valence-electron chi connectivity index (χ2n) is 8.49. The van der Waals surface area contributed by atoms with E-state index in [0.29, 0.717) is 23.4 Å². The van der Waals surface area contributed by atoms with Gasteiger partial charge in [-0.2, -0.15) is 13.2 Å². The Balaban J connectivity index is 1.67. The van der Waals surface area contributed by atoms with E-state index in [2.05, 4.69) is 20.9 Å². The zero-order valence-corrected chi connectivity index (χ0v) is 22.1. The normalized spacial score (nSPS) is 11.0. The maximum atomic E-state index is 12.9. The first-order valence-corrected chi connectivity index (χ1v) is 12.6. The minimum Gasteiger partial charge on any atom is -0.530 e. The second-order valence-corrected chi connectivity index (χ2v) is 9.49. The first-order chi connectivity index (χ1) is 19.3. The van der Waals surface area contributed by atoms with Crippen molar-refractivity contribution in [3.8, 4) is 0 Å². The monoisotopic (exact) mass is 592 g/mol. The molecule has 0 fully saturated rings. The molecule has 0 unspecified atom stereocenters. The van der Waals surface area contributed by atoms with E-state index in [1.165, 1.54) is 19.1 Å². The van der Waals surface area contributed by atoms with Gasteiger partial charge in [-0.3, -0.25) is 9.59 Å². The lowest BCUT2D eigenvalue weighted by Gasteiger charge is -2.24. The molecule has 0 spiro atoms. The molecule has 0 bridgehead atoms. The van der Waals surface area contributed by atoms with Gasteiger partial charge in [0, 0.05) is 19.2 Å². The Labute approximate surface area is 235 Å². The Bertz CT molecular complexity index is 1380. The molecular formula is C25H23F3N6O6S-2. The Kier molecular flexibility index (Phi) is 10.1. The lowest BCUT2D eigenvalue weighted by Crippen LogP contribution is -2.58. The van der Waals surface area contributed by atoms with E-state index in [-0.39, 0.29) is 28.9 Å². The van der Waals surface area contributed by atoms with E-state index in [1.807, 2.05) is 10.6 Å². The van der Waals surface area contributed by atoms with Crippen molar-refractivity contribution in [1.82, 2.24) is 20.9 Å². The predicted octanol–water partition coefficient (Wildman–Crippen LogP) is 1.40. The molecular weight excluding hydrogens is 569 g/mol. The van der Waals surface area contributed by atoms with Crippen LogP contribution in [0.2, 0.25) is 0 Å². The van der Waals surface area contributed by atoms with Crippen molar-refractivity contribution in [3.05, 3.63) is 75.8 Å². The summed E-state index contributed by atoms with van der Waals surface area (Å²) >= 11 is 0.957. The highest BCUT2D eigenvalue weighted by Gasteiger charge is 2.30. The quantitative estimate of drug-likeness (QED) is 0.207. The summed E-state index contributed by atoms with van der Waals surface area (Å²) in [6.45, 7) is 1.26. The number of hydrogen-bond donors (Lipinski definition) is 5. The third-order valence-corrected chi connectivity index (χ3v) is 6.37. The zero-order chi connectivity index (χ0) is 30.2. The first kappa shape index (κ1) is 30.7. The summed E-state index contributed by atoms with van der Waals surface area (Å²) in [5, 5.41) is 33.1. The van der Waals surface area contributed by atoms with E-state index < -0.39 is 36.1 Å². The fraction of sp³-hybridized carbons (Fsp3) is 0.240. The van der Waals surface area contributed by atoms with Gasteiger partial charge in [0.05, 0.1) is 11.3 Å². The lowest BCUT2D eigenvalue weighted by molar-refractivity contribution is -0.255. The predicted molar refractivity (Wildman–Crippen MR) is 137 cm³/mol. The smallest absolute Gasteiger partial charge is 0.416 e. The molecule has 0 aliphatic heterocycles. The van der Waals surface area contributed by atoms with Crippen LogP contribution in [0.25, 0.3) is 0 Å². The molecule has 3 aromatic rings. The van der Waals surface area contributed by atoms with Crippen LogP contribution in [0, 0.1) is 0 Å². The van der Waals surface area contributed by atoms with Crippen molar-refractivity contribution in [2.45, 2.75) is 38.8 Å². The van der Waals surface area contributed by atoms with Gasteiger partial charge in [0.25, 0.3) is 5.91 Å². The van der Waals surface area contributed by atoms with Crippen LogP contribution in [0.3, 0.4) is 0 Å². The van der Waals surface area contributed by atoms with Gasteiger partial charge in [-0.1, -0.05) is 35.6 Å². The highest BCUT2D eigenvalue weighted by molar-refractivity contribution is 7.17. The number of amides is 4. The molecule has 12 nitrogen and oxygen atoms in total.